The second-order valence-corrected chi connectivity index (χ2v) is 6.39. The maximum absolute atomic E-state index is 12.2. The molecule has 96 valence electrons. The van der Waals surface area contributed by atoms with Gasteiger partial charge in [-0.3, -0.25) is 0 Å². The van der Waals surface area contributed by atoms with E-state index < -0.39 is 10.0 Å². The molecular formula is C13H21NO2S. The first-order valence-corrected chi connectivity index (χ1v) is 7.45. The minimum atomic E-state index is -3.30. The fraction of sp³-hybridized carbons (Fsp3) is 0.538. The van der Waals surface area contributed by atoms with E-state index in [9.17, 15) is 8.42 Å². The van der Waals surface area contributed by atoms with Crippen molar-refractivity contribution in [1.82, 2.24) is 4.31 Å². The molecule has 0 fully saturated rings. The lowest BCUT2D eigenvalue weighted by Crippen LogP contribution is -2.27. The third-order valence-electron chi connectivity index (χ3n) is 2.81. The van der Waals surface area contributed by atoms with Crippen LogP contribution in [-0.2, 0) is 10.0 Å². The van der Waals surface area contributed by atoms with Gasteiger partial charge in [-0.25, -0.2) is 12.7 Å². The molecule has 17 heavy (non-hydrogen) atoms. The highest BCUT2D eigenvalue weighted by Gasteiger charge is 2.19. The topological polar surface area (TPSA) is 37.4 Å². The molecule has 0 saturated carbocycles. The van der Waals surface area contributed by atoms with Gasteiger partial charge in [0.1, 0.15) is 0 Å². The number of hydrogen-bond donors (Lipinski definition) is 0. The number of aryl methyl sites for hydroxylation is 1. The average molecular weight is 255 g/mol. The Kier molecular flexibility index (Phi) is 5.15. The van der Waals surface area contributed by atoms with Crippen LogP contribution in [0.25, 0.3) is 0 Å². The van der Waals surface area contributed by atoms with Crippen molar-refractivity contribution in [2.75, 3.05) is 13.6 Å². The van der Waals surface area contributed by atoms with Crippen molar-refractivity contribution in [3.8, 4) is 0 Å². The van der Waals surface area contributed by atoms with Crippen LogP contribution in [0.3, 0.4) is 0 Å². The van der Waals surface area contributed by atoms with E-state index in [0.29, 0.717) is 11.4 Å². The number of unbranched alkanes of at least 4 members (excludes halogenated alkanes) is 2. The van der Waals surface area contributed by atoms with E-state index >= 15 is 0 Å². The molecule has 0 N–H and O–H groups in total. The first kappa shape index (κ1) is 14.2. The molecule has 0 amide bonds. The smallest absolute Gasteiger partial charge is 0.207 e. The van der Waals surface area contributed by atoms with Crippen molar-refractivity contribution < 1.29 is 8.42 Å². The molecule has 0 bridgehead atoms. The first-order chi connectivity index (χ1) is 7.98. The van der Waals surface area contributed by atoms with Crippen molar-refractivity contribution in [2.45, 2.75) is 38.0 Å². The van der Waals surface area contributed by atoms with Gasteiger partial charge in [0.15, 0.2) is 0 Å². The van der Waals surface area contributed by atoms with Crippen LogP contribution in [0.4, 0.5) is 0 Å². The Bertz CT molecular complexity index is 437. The Labute approximate surface area is 105 Å². The molecule has 0 aliphatic rings. The fourth-order valence-corrected chi connectivity index (χ4v) is 2.80. The molecule has 0 unspecified atom stereocenters. The Hall–Kier alpha value is -0.870. The normalized spacial score (nSPS) is 12.0. The highest BCUT2D eigenvalue weighted by molar-refractivity contribution is 7.89. The number of rotatable bonds is 6. The molecule has 0 aliphatic carbocycles. The maximum Gasteiger partial charge on any atom is 0.242 e. The molecule has 1 rings (SSSR count). The molecule has 4 heteroatoms. The van der Waals surface area contributed by atoms with E-state index in [-0.39, 0.29) is 0 Å². The Morgan fingerprint density at radius 2 is 1.71 bits per heavy atom. The highest BCUT2D eigenvalue weighted by atomic mass is 32.2. The molecule has 0 radical (unpaired) electrons. The monoisotopic (exact) mass is 255 g/mol. The van der Waals surface area contributed by atoms with Gasteiger partial charge in [0.2, 0.25) is 10.0 Å². The number of hydrogen-bond acceptors (Lipinski definition) is 2. The highest BCUT2D eigenvalue weighted by Crippen LogP contribution is 2.15. The van der Waals surface area contributed by atoms with Crippen LogP contribution in [0, 0.1) is 6.92 Å². The van der Waals surface area contributed by atoms with Crippen LogP contribution in [0.1, 0.15) is 31.7 Å². The summed E-state index contributed by atoms with van der Waals surface area (Å²) in [4.78, 5) is 0.377. The summed E-state index contributed by atoms with van der Waals surface area (Å²) in [6, 6.07) is 6.99. The van der Waals surface area contributed by atoms with Crippen molar-refractivity contribution in [1.29, 1.82) is 0 Å². The fourth-order valence-electron chi connectivity index (χ4n) is 1.59. The van der Waals surface area contributed by atoms with Gasteiger partial charge in [0.05, 0.1) is 4.90 Å². The molecule has 0 heterocycles. The van der Waals surface area contributed by atoms with Crippen LogP contribution in [0.5, 0.6) is 0 Å². The molecule has 0 saturated heterocycles. The first-order valence-electron chi connectivity index (χ1n) is 6.01. The molecule has 0 atom stereocenters. The van der Waals surface area contributed by atoms with Gasteiger partial charge in [-0.2, -0.15) is 0 Å². The van der Waals surface area contributed by atoms with Gasteiger partial charge in [0.25, 0.3) is 0 Å². The Morgan fingerprint density at radius 3 is 2.24 bits per heavy atom. The summed E-state index contributed by atoms with van der Waals surface area (Å²) in [6.45, 7) is 4.64. The standard InChI is InChI=1S/C13H21NO2S/c1-4-5-6-11-14(3)17(15,16)13-9-7-12(2)8-10-13/h7-10H,4-6,11H2,1-3H3. The van der Waals surface area contributed by atoms with Crippen molar-refractivity contribution >= 4 is 10.0 Å². The quantitative estimate of drug-likeness (QED) is 0.733. The molecular weight excluding hydrogens is 234 g/mol. The number of benzene rings is 1. The molecule has 1 aromatic carbocycles. The largest absolute Gasteiger partial charge is 0.242 e. The van der Waals surface area contributed by atoms with E-state index in [1.807, 2.05) is 19.1 Å². The van der Waals surface area contributed by atoms with Crippen molar-refractivity contribution in [3.63, 3.8) is 0 Å². The molecule has 0 aliphatic heterocycles. The number of nitrogens with zero attached hydrogens (tertiary/aromatic N) is 1. The lowest BCUT2D eigenvalue weighted by Gasteiger charge is -2.17. The van der Waals surface area contributed by atoms with Gasteiger partial charge >= 0.3 is 0 Å². The summed E-state index contributed by atoms with van der Waals surface area (Å²) < 4.78 is 25.8. The summed E-state index contributed by atoms with van der Waals surface area (Å²) in [7, 11) is -1.66. The van der Waals surface area contributed by atoms with E-state index in [0.717, 1.165) is 24.8 Å². The van der Waals surface area contributed by atoms with Crippen LogP contribution in [-0.4, -0.2) is 26.3 Å². The van der Waals surface area contributed by atoms with Crippen LogP contribution >= 0.6 is 0 Å². The third kappa shape index (κ3) is 3.82. The summed E-state index contributed by atoms with van der Waals surface area (Å²) in [5.41, 5.74) is 1.07. The zero-order valence-corrected chi connectivity index (χ0v) is 11.6. The number of sulfonamides is 1. The molecule has 0 spiro atoms. The van der Waals surface area contributed by atoms with Crippen molar-refractivity contribution in [2.24, 2.45) is 0 Å². The second-order valence-electron chi connectivity index (χ2n) is 4.35. The minimum absolute atomic E-state index is 0.377. The zero-order chi connectivity index (χ0) is 12.9. The van der Waals surface area contributed by atoms with E-state index in [2.05, 4.69) is 6.92 Å². The summed E-state index contributed by atoms with van der Waals surface area (Å²) in [5.74, 6) is 0. The third-order valence-corrected chi connectivity index (χ3v) is 4.68. The van der Waals surface area contributed by atoms with Gasteiger partial charge in [-0.05, 0) is 25.5 Å². The lowest BCUT2D eigenvalue weighted by molar-refractivity contribution is 0.454. The molecule has 0 aromatic heterocycles. The zero-order valence-electron chi connectivity index (χ0n) is 10.8. The summed E-state index contributed by atoms with van der Waals surface area (Å²) in [5, 5.41) is 0. The van der Waals surface area contributed by atoms with E-state index in [1.165, 1.54) is 4.31 Å². The maximum atomic E-state index is 12.2. The molecule has 1 aromatic rings. The van der Waals surface area contributed by atoms with Gasteiger partial charge in [-0.15, -0.1) is 0 Å². The van der Waals surface area contributed by atoms with Gasteiger partial charge in [0, 0.05) is 13.6 Å². The van der Waals surface area contributed by atoms with Crippen LogP contribution < -0.4 is 0 Å². The van der Waals surface area contributed by atoms with Crippen LogP contribution in [0.2, 0.25) is 0 Å². The summed E-state index contributed by atoms with van der Waals surface area (Å²) in [6.07, 6.45) is 3.07. The Morgan fingerprint density at radius 1 is 1.12 bits per heavy atom. The molecule has 3 nitrogen and oxygen atoms in total. The van der Waals surface area contributed by atoms with Gasteiger partial charge in [-0.1, -0.05) is 37.5 Å². The average Bonchev–Trinajstić information content (AvgIpc) is 2.29. The van der Waals surface area contributed by atoms with Crippen LogP contribution in [0.15, 0.2) is 29.2 Å². The summed E-state index contributed by atoms with van der Waals surface area (Å²) >= 11 is 0. The van der Waals surface area contributed by atoms with E-state index in [4.69, 9.17) is 0 Å². The van der Waals surface area contributed by atoms with E-state index in [1.54, 1.807) is 19.2 Å². The predicted octanol–water partition coefficient (Wildman–Crippen LogP) is 2.81. The second kappa shape index (κ2) is 6.17. The van der Waals surface area contributed by atoms with Crippen molar-refractivity contribution in [3.05, 3.63) is 29.8 Å². The predicted molar refractivity (Wildman–Crippen MR) is 70.5 cm³/mol. The van der Waals surface area contributed by atoms with Gasteiger partial charge < -0.3 is 0 Å². The minimum Gasteiger partial charge on any atom is -0.207 e. The SMILES string of the molecule is CCCCCN(C)S(=O)(=O)c1ccc(C)cc1. The Balaban J connectivity index is 2.76. The lowest BCUT2D eigenvalue weighted by atomic mass is 10.2.